The summed E-state index contributed by atoms with van der Waals surface area (Å²) in [6.07, 6.45) is 4.77. The first-order chi connectivity index (χ1) is 12.6. The van der Waals surface area contributed by atoms with Gasteiger partial charge in [0.25, 0.3) is 0 Å². The molecule has 3 N–H and O–H groups in total. The highest BCUT2D eigenvalue weighted by Crippen LogP contribution is 2.35. The Kier molecular flexibility index (Phi) is 5.42. The number of rotatable bonds is 7. The molecule has 1 aromatic rings. The average Bonchev–Trinajstić information content (AvgIpc) is 3.26. The summed E-state index contributed by atoms with van der Waals surface area (Å²) in [5.74, 6) is 0.0264. The molecule has 0 bridgehead atoms. The number of nitrogens with zero attached hydrogens (tertiary/aromatic N) is 1. The second kappa shape index (κ2) is 7.78. The zero-order valence-electron chi connectivity index (χ0n) is 14.4. The summed E-state index contributed by atoms with van der Waals surface area (Å²) in [5.41, 5.74) is 0.903. The standard InChI is InChI=1S/C18H24ClN3O4/c19-13-3-4-20-7-10(13)8-21-9-15-17(24)18-14(26-15)5-12(25-18)6-16(23)22-11-1-2-11/h3-4,7,11-12,14-15,17-18,21,24H,1-2,5-6,8-9H2,(H,22,23). The van der Waals surface area contributed by atoms with Gasteiger partial charge in [0, 0.05) is 48.5 Å². The van der Waals surface area contributed by atoms with E-state index in [1.807, 2.05) is 0 Å². The van der Waals surface area contributed by atoms with Crippen LogP contribution in [0.3, 0.4) is 0 Å². The number of pyridine rings is 1. The van der Waals surface area contributed by atoms with Gasteiger partial charge in [0.15, 0.2) is 0 Å². The van der Waals surface area contributed by atoms with Crippen LogP contribution in [0.1, 0.15) is 31.2 Å². The SMILES string of the molecule is O=C(CC1CC2OC(CNCc3cnccc3Cl)C(O)C2O1)NC1CC1. The number of amides is 1. The van der Waals surface area contributed by atoms with E-state index in [2.05, 4.69) is 15.6 Å². The van der Waals surface area contributed by atoms with Crippen molar-refractivity contribution in [3.05, 3.63) is 29.0 Å². The summed E-state index contributed by atoms with van der Waals surface area (Å²) >= 11 is 6.11. The molecule has 8 heteroatoms. The van der Waals surface area contributed by atoms with Crippen LogP contribution < -0.4 is 10.6 Å². The lowest BCUT2D eigenvalue weighted by Crippen LogP contribution is -2.39. The van der Waals surface area contributed by atoms with Crippen molar-refractivity contribution in [2.45, 2.75) is 68.8 Å². The topological polar surface area (TPSA) is 92.7 Å². The van der Waals surface area contributed by atoms with Gasteiger partial charge in [0.2, 0.25) is 5.91 Å². The van der Waals surface area contributed by atoms with Crippen molar-refractivity contribution in [1.82, 2.24) is 15.6 Å². The smallest absolute Gasteiger partial charge is 0.222 e. The maximum absolute atomic E-state index is 11.9. The van der Waals surface area contributed by atoms with Gasteiger partial charge in [-0.3, -0.25) is 9.78 Å². The molecule has 5 atom stereocenters. The van der Waals surface area contributed by atoms with Gasteiger partial charge < -0.3 is 25.2 Å². The zero-order valence-corrected chi connectivity index (χ0v) is 15.2. The molecular formula is C18H24ClN3O4. The van der Waals surface area contributed by atoms with Gasteiger partial charge in [-0.25, -0.2) is 0 Å². The first-order valence-corrected chi connectivity index (χ1v) is 9.55. The van der Waals surface area contributed by atoms with Crippen LogP contribution in [0.25, 0.3) is 0 Å². The average molecular weight is 382 g/mol. The van der Waals surface area contributed by atoms with Crippen molar-refractivity contribution >= 4 is 17.5 Å². The highest BCUT2D eigenvalue weighted by molar-refractivity contribution is 6.31. The van der Waals surface area contributed by atoms with Gasteiger partial charge in [-0.15, -0.1) is 0 Å². The van der Waals surface area contributed by atoms with E-state index in [0.717, 1.165) is 18.4 Å². The minimum absolute atomic E-state index is 0.0264. The molecule has 4 rings (SSSR count). The molecular weight excluding hydrogens is 358 g/mol. The van der Waals surface area contributed by atoms with Crippen LogP contribution in [0, 0.1) is 0 Å². The molecule has 3 aliphatic rings. The first kappa shape index (κ1) is 18.1. The molecule has 0 spiro atoms. The first-order valence-electron chi connectivity index (χ1n) is 9.17. The monoisotopic (exact) mass is 381 g/mol. The van der Waals surface area contributed by atoms with Crippen molar-refractivity contribution in [3.8, 4) is 0 Å². The van der Waals surface area contributed by atoms with Gasteiger partial charge in [-0.2, -0.15) is 0 Å². The fourth-order valence-electron chi connectivity index (χ4n) is 3.62. The van der Waals surface area contributed by atoms with Gasteiger partial charge in [-0.05, 0) is 18.9 Å². The maximum Gasteiger partial charge on any atom is 0.222 e. The molecule has 3 heterocycles. The molecule has 1 amide bonds. The number of carbonyl (C=O) groups excluding carboxylic acids is 1. The minimum Gasteiger partial charge on any atom is -0.388 e. The van der Waals surface area contributed by atoms with Crippen LogP contribution in [0.2, 0.25) is 5.02 Å². The van der Waals surface area contributed by atoms with Crippen LogP contribution in [0.15, 0.2) is 18.5 Å². The summed E-state index contributed by atoms with van der Waals surface area (Å²) < 4.78 is 11.8. The number of fused-ring (bicyclic) bond motifs is 1. The number of carbonyl (C=O) groups is 1. The quantitative estimate of drug-likeness (QED) is 0.646. The van der Waals surface area contributed by atoms with Crippen LogP contribution >= 0.6 is 11.6 Å². The van der Waals surface area contributed by atoms with Crippen LogP contribution in [0.4, 0.5) is 0 Å². The fraction of sp³-hybridized carbons (Fsp3) is 0.667. The summed E-state index contributed by atoms with van der Waals surface area (Å²) in [7, 11) is 0. The zero-order chi connectivity index (χ0) is 18.1. The summed E-state index contributed by atoms with van der Waals surface area (Å²) in [6.45, 7) is 1.05. The number of hydrogen-bond acceptors (Lipinski definition) is 6. The molecule has 2 saturated heterocycles. The minimum atomic E-state index is -0.701. The Balaban J connectivity index is 1.21. The molecule has 2 aliphatic heterocycles. The van der Waals surface area contributed by atoms with Gasteiger partial charge in [0.1, 0.15) is 12.2 Å². The Hall–Kier alpha value is -1.25. The number of nitrogens with one attached hydrogen (secondary N) is 2. The predicted octanol–water partition coefficient (Wildman–Crippen LogP) is 0.779. The number of aliphatic hydroxyl groups is 1. The molecule has 142 valence electrons. The molecule has 7 nitrogen and oxygen atoms in total. The molecule has 1 aliphatic carbocycles. The number of halogens is 1. The Bertz CT molecular complexity index is 657. The van der Waals surface area contributed by atoms with E-state index in [1.165, 1.54) is 0 Å². The molecule has 1 saturated carbocycles. The van der Waals surface area contributed by atoms with Crippen LogP contribution in [0.5, 0.6) is 0 Å². The highest BCUT2D eigenvalue weighted by atomic mass is 35.5. The van der Waals surface area contributed by atoms with E-state index in [1.54, 1.807) is 18.5 Å². The number of aliphatic hydroxyl groups excluding tert-OH is 1. The van der Waals surface area contributed by atoms with E-state index in [0.29, 0.717) is 37.0 Å². The fourth-order valence-corrected chi connectivity index (χ4v) is 3.79. The summed E-state index contributed by atoms with van der Waals surface area (Å²) in [6, 6.07) is 2.10. The Morgan fingerprint density at radius 2 is 2.23 bits per heavy atom. The lowest BCUT2D eigenvalue weighted by molar-refractivity contribution is -0.124. The lowest BCUT2D eigenvalue weighted by atomic mass is 10.1. The molecule has 5 unspecified atom stereocenters. The Labute approximate surface area is 157 Å². The van der Waals surface area contributed by atoms with Crippen LogP contribution in [-0.2, 0) is 20.8 Å². The van der Waals surface area contributed by atoms with Crippen molar-refractivity contribution in [2.24, 2.45) is 0 Å². The molecule has 3 fully saturated rings. The van der Waals surface area contributed by atoms with Crippen molar-refractivity contribution in [2.75, 3.05) is 6.54 Å². The summed E-state index contributed by atoms with van der Waals surface area (Å²) in [4.78, 5) is 16.0. The van der Waals surface area contributed by atoms with E-state index in [9.17, 15) is 9.90 Å². The molecule has 1 aromatic heterocycles. The van der Waals surface area contributed by atoms with E-state index in [-0.39, 0.29) is 30.3 Å². The van der Waals surface area contributed by atoms with Crippen molar-refractivity contribution in [3.63, 3.8) is 0 Å². The molecule has 26 heavy (non-hydrogen) atoms. The Morgan fingerprint density at radius 3 is 2.96 bits per heavy atom. The third-order valence-corrected chi connectivity index (χ3v) is 5.51. The van der Waals surface area contributed by atoms with Crippen LogP contribution in [-0.4, -0.2) is 59.1 Å². The van der Waals surface area contributed by atoms with Gasteiger partial charge in [-0.1, -0.05) is 11.6 Å². The predicted molar refractivity (Wildman–Crippen MR) is 94.7 cm³/mol. The second-order valence-electron chi connectivity index (χ2n) is 7.31. The molecule has 0 radical (unpaired) electrons. The van der Waals surface area contributed by atoms with Crippen molar-refractivity contribution in [1.29, 1.82) is 0 Å². The normalized spacial score (nSPS) is 33.2. The van der Waals surface area contributed by atoms with Gasteiger partial charge >= 0.3 is 0 Å². The summed E-state index contributed by atoms with van der Waals surface area (Å²) in [5, 5.41) is 17.4. The number of hydrogen-bond donors (Lipinski definition) is 3. The van der Waals surface area contributed by atoms with E-state index < -0.39 is 6.10 Å². The third kappa shape index (κ3) is 4.18. The largest absolute Gasteiger partial charge is 0.388 e. The Morgan fingerprint density at radius 1 is 1.38 bits per heavy atom. The van der Waals surface area contributed by atoms with E-state index >= 15 is 0 Å². The third-order valence-electron chi connectivity index (χ3n) is 5.14. The number of ether oxygens (including phenoxy) is 2. The maximum atomic E-state index is 11.9. The lowest BCUT2D eigenvalue weighted by Gasteiger charge is -2.20. The number of aromatic nitrogens is 1. The highest BCUT2D eigenvalue weighted by Gasteiger charge is 2.50. The second-order valence-corrected chi connectivity index (χ2v) is 7.71. The van der Waals surface area contributed by atoms with Crippen molar-refractivity contribution < 1.29 is 19.4 Å². The molecule has 0 aromatic carbocycles. The van der Waals surface area contributed by atoms with Gasteiger partial charge in [0.05, 0.1) is 24.7 Å². The van der Waals surface area contributed by atoms with E-state index in [4.69, 9.17) is 21.1 Å².